The lowest BCUT2D eigenvalue weighted by Crippen LogP contribution is -2.43. The third kappa shape index (κ3) is 3.98. The molecule has 0 atom stereocenters. The standard InChI is InChI=1S/C25H33N5/c1-18-10-12-21(13-11-18)26-25(16-14-20(15-17-25)24(3,4)5)23-27-28-29-30(23)22-9-7-6-8-19(22)2/h6-13,20,26H,14-17H2,1-5H3. The number of anilines is 1. The molecule has 0 aliphatic heterocycles. The molecule has 1 aliphatic rings. The average molecular weight is 404 g/mol. The van der Waals surface area contributed by atoms with Gasteiger partial charge in [-0.05, 0) is 85.1 Å². The van der Waals surface area contributed by atoms with Crippen LogP contribution in [0.4, 0.5) is 5.69 Å². The van der Waals surface area contributed by atoms with Crippen molar-refractivity contribution in [2.75, 3.05) is 5.32 Å². The smallest absolute Gasteiger partial charge is 0.181 e. The Labute approximate surface area is 179 Å². The van der Waals surface area contributed by atoms with Crippen LogP contribution in [0.1, 0.15) is 63.4 Å². The first-order valence-electron chi connectivity index (χ1n) is 11.0. The lowest BCUT2D eigenvalue weighted by atomic mass is 9.67. The van der Waals surface area contributed by atoms with Gasteiger partial charge in [0.2, 0.25) is 0 Å². The summed E-state index contributed by atoms with van der Waals surface area (Å²) in [5, 5.41) is 16.9. The van der Waals surface area contributed by atoms with E-state index in [0.717, 1.165) is 42.9 Å². The van der Waals surface area contributed by atoms with Gasteiger partial charge in [0, 0.05) is 5.69 Å². The van der Waals surface area contributed by atoms with Gasteiger partial charge in [0.25, 0.3) is 0 Å². The molecule has 1 aliphatic carbocycles. The largest absolute Gasteiger partial charge is 0.373 e. The summed E-state index contributed by atoms with van der Waals surface area (Å²) < 4.78 is 1.94. The number of nitrogens with one attached hydrogen (secondary N) is 1. The van der Waals surface area contributed by atoms with Gasteiger partial charge in [-0.15, -0.1) is 5.10 Å². The van der Waals surface area contributed by atoms with Gasteiger partial charge in [-0.1, -0.05) is 56.7 Å². The van der Waals surface area contributed by atoms with E-state index >= 15 is 0 Å². The highest BCUT2D eigenvalue weighted by Crippen LogP contribution is 2.46. The zero-order chi connectivity index (χ0) is 21.4. The first kappa shape index (κ1) is 20.6. The molecule has 158 valence electrons. The normalized spacial score (nSPS) is 22.1. The molecule has 30 heavy (non-hydrogen) atoms. The van der Waals surface area contributed by atoms with Crippen LogP contribution in [-0.4, -0.2) is 20.2 Å². The zero-order valence-electron chi connectivity index (χ0n) is 18.8. The van der Waals surface area contributed by atoms with E-state index < -0.39 is 0 Å². The van der Waals surface area contributed by atoms with Crippen molar-refractivity contribution < 1.29 is 0 Å². The van der Waals surface area contributed by atoms with Crippen molar-refractivity contribution in [3.05, 3.63) is 65.5 Å². The van der Waals surface area contributed by atoms with Gasteiger partial charge in [-0.2, -0.15) is 4.68 Å². The summed E-state index contributed by atoms with van der Waals surface area (Å²) in [4.78, 5) is 0. The predicted octanol–water partition coefficient (Wildman–Crippen LogP) is 5.82. The molecule has 1 saturated carbocycles. The second-order valence-corrected chi connectivity index (χ2v) is 9.91. The maximum Gasteiger partial charge on any atom is 0.181 e. The van der Waals surface area contributed by atoms with E-state index in [1.54, 1.807) is 0 Å². The molecule has 4 rings (SSSR count). The Balaban J connectivity index is 1.75. The average Bonchev–Trinajstić information content (AvgIpc) is 3.20. The first-order chi connectivity index (χ1) is 14.3. The summed E-state index contributed by atoms with van der Waals surface area (Å²) >= 11 is 0. The summed E-state index contributed by atoms with van der Waals surface area (Å²) in [6.45, 7) is 11.3. The summed E-state index contributed by atoms with van der Waals surface area (Å²) in [6.07, 6.45) is 4.33. The van der Waals surface area contributed by atoms with Crippen LogP contribution in [0.25, 0.3) is 5.69 Å². The number of tetrazole rings is 1. The number of aryl methyl sites for hydroxylation is 2. The summed E-state index contributed by atoms with van der Waals surface area (Å²) in [6, 6.07) is 16.9. The summed E-state index contributed by atoms with van der Waals surface area (Å²) in [5.74, 6) is 1.61. The number of benzene rings is 2. The van der Waals surface area contributed by atoms with Gasteiger partial charge in [0.1, 0.15) is 0 Å². The number of para-hydroxylation sites is 1. The Morgan fingerprint density at radius 2 is 1.63 bits per heavy atom. The minimum Gasteiger partial charge on any atom is -0.373 e. The third-order valence-corrected chi connectivity index (χ3v) is 6.74. The Kier molecular flexibility index (Phi) is 5.39. The fraction of sp³-hybridized carbons (Fsp3) is 0.480. The van der Waals surface area contributed by atoms with Crippen LogP contribution < -0.4 is 5.32 Å². The molecule has 3 aromatic rings. The van der Waals surface area contributed by atoms with Crippen LogP contribution in [0.5, 0.6) is 0 Å². The molecule has 1 N–H and O–H groups in total. The monoisotopic (exact) mass is 403 g/mol. The van der Waals surface area contributed by atoms with Gasteiger partial charge in [-0.25, -0.2) is 0 Å². The molecule has 5 nitrogen and oxygen atoms in total. The topological polar surface area (TPSA) is 55.6 Å². The van der Waals surface area contributed by atoms with Crippen molar-refractivity contribution in [3.8, 4) is 5.69 Å². The molecule has 0 spiro atoms. The van der Waals surface area contributed by atoms with Gasteiger partial charge >= 0.3 is 0 Å². The van der Waals surface area contributed by atoms with E-state index in [1.165, 1.54) is 11.1 Å². The van der Waals surface area contributed by atoms with Crippen LogP contribution in [0.15, 0.2) is 48.5 Å². The Morgan fingerprint density at radius 3 is 2.27 bits per heavy atom. The molecule has 0 bridgehead atoms. The van der Waals surface area contributed by atoms with E-state index in [2.05, 4.69) is 97.9 Å². The zero-order valence-corrected chi connectivity index (χ0v) is 18.8. The molecule has 1 fully saturated rings. The minimum atomic E-state index is -0.289. The number of aromatic nitrogens is 4. The fourth-order valence-electron chi connectivity index (χ4n) is 4.74. The molecular formula is C25H33N5. The van der Waals surface area contributed by atoms with E-state index in [4.69, 9.17) is 0 Å². The van der Waals surface area contributed by atoms with Crippen molar-refractivity contribution in [2.24, 2.45) is 11.3 Å². The lowest BCUT2D eigenvalue weighted by molar-refractivity contribution is 0.137. The molecule has 0 radical (unpaired) electrons. The van der Waals surface area contributed by atoms with Crippen LogP contribution in [0, 0.1) is 25.2 Å². The van der Waals surface area contributed by atoms with Gasteiger partial charge in [0.15, 0.2) is 5.82 Å². The van der Waals surface area contributed by atoms with Gasteiger partial charge in [0.05, 0.1) is 11.2 Å². The highest BCUT2D eigenvalue weighted by molar-refractivity contribution is 5.49. The molecule has 0 amide bonds. The molecule has 0 unspecified atom stereocenters. The van der Waals surface area contributed by atoms with Crippen molar-refractivity contribution in [2.45, 2.75) is 65.8 Å². The van der Waals surface area contributed by atoms with Crippen molar-refractivity contribution in [1.82, 2.24) is 20.2 Å². The Bertz CT molecular complexity index is 989. The minimum absolute atomic E-state index is 0.289. The van der Waals surface area contributed by atoms with Crippen LogP contribution in [-0.2, 0) is 5.54 Å². The number of nitrogens with zero attached hydrogens (tertiary/aromatic N) is 4. The lowest BCUT2D eigenvalue weighted by Gasteiger charge is -2.44. The Hall–Kier alpha value is -2.69. The van der Waals surface area contributed by atoms with Crippen LogP contribution in [0.2, 0.25) is 0 Å². The van der Waals surface area contributed by atoms with Crippen molar-refractivity contribution >= 4 is 5.69 Å². The van der Waals surface area contributed by atoms with E-state index in [0.29, 0.717) is 11.3 Å². The molecule has 1 aromatic heterocycles. The molecule has 2 aromatic carbocycles. The molecule has 1 heterocycles. The second-order valence-electron chi connectivity index (χ2n) is 9.91. The van der Waals surface area contributed by atoms with Gasteiger partial charge < -0.3 is 5.32 Å². The predicted molar refractivity (Wildman–Crippen MR) is 122 cm³/mol. The fourth-order valence-corrected chi connectivity index (χ4v) is 4.74. The SMILES string of the molecule is Cc1ccc(NC2(c3nnnn3-c3ccccc3C)CCC(C(C)(C)C)CC2)cc1. The second kappa shape index (κ2) is 7.86. The summed E-state index contributed by atoms with van der Waals surface area (Å²) in [5.41, 5.74) is 4.62. The van der Waals surface area contributed by atoms with E-state index in [-0.39, 0.29) is 5.54 Å². The van der Waals surface area contributed by atoms with E-state index in [9.17, 15) is 0 Å². The third-order valence-electron chi connectivity index (χ3n) is 6.74. The van der Waals surface area contributed by atoms with E-state index in [1.807, 2.05) is 10.7 Å². The summed E-state index contributed by atoms with van der Waals surface area (Å²) in [7, 11) is 0. The Morgan fingerprint density at radius 1 is 0.967 bits per heavy atom. The molecule has 0 saturated heterocycles. The van der Waals surface area contributed by atoms with Crippen LogP contribution in [0.3, 0.4) is 0 Å². The van der Waals surface area contributed by atoms with Gasteiger partial charge in [-0.3, -0.25) is 0 Å². The highest BCUT2D eigenvalue weighted by atomic mass is 15.6. The number of hydrogen-bond donors (Lipinski definition) is 1. The maximum atomic E-state index is 4.57. The van der Waals surface area contributed by atoms with Crippen LogP contribution >= 0.6 is 0 Å². The maximum absolute atomic E-state index is 4.57. The highest BCUT2D eigenvalue weighted by Gasteiger charge is 2.43. The van der Waals surface area contributed by atoms with Crippen molar-refractivity contribution in [3.63, 3.8) is 0 Å². The molecule has 5 heteroatoms. The quantitative estimate of drug-likeness (QED) is 0.596. The first-order valence-corrected chi connectivity index (χ1v) is 11.0. The van der Waals surface area contributed by atoms with Crippen molar-refractivity contribution in [1.29, 1.82) is 0 Å². The molecular weight excluding hydrogens is 370 g/mol. The number of hydrogen-bond acceptors (Lipinski definition) is 4. The number of rotatable bonds is 4.